The first-order valence-corrected chi connectivity index (χ1v) is 8.67. The van der Waals surface area contributed by atoms with E-state index in [9.17, 15) is 0 Å². The van der Waals surface area contributed by atoms with Gasteiger partial charge in [0.25, 0.3) is 0 Å². The zero-order chi connectivity index (χ0) is 13.9. The lowest BCUT2D eigenvalue weighted by atomic mass is 9.60. The van der Waals surface area contributed by atoms with E-state index in [-0.39, 0.29) is 0 Å². The summed E-state index contributed by atoms with van der Waals surface area (Å²) >= 11 is 7.69. The van der Waals surface area contributed by atoms with E-state index in [0.29, 0.717) is 26.4 Å². The van der Waals surface area contributed by atoms with Gasteiger partial charge in [-0.05, 0) is 29.6 Å². The summed E-state index contributed by atoms with van der Waals surface area (Å²) < 4.78 is 0. The van der Waals surface area contributed by atoms with E-state index >= 15 is 0 Å². The molecule has 0 aliphatic heterocycles. The summed E-state index contributed by atoms with van der Waals surface area (Å²) in [6.07, 6.45) is 3.70. The highest BCUT2D eigenvalue weighted by Crippen LogP contribution is 2.48. The Hall–Kier alpha value is 0.960. The van der Waals surface area contributed by atoms with Crippen LogP contribution in [0.2, 0.25) is 0 Å². The van der Waals surface area contributed by atoms with Gasteiger partial charge in [-0.25, -0.2) is 0 Å². The Labute approximate surface area is 126 Å². The second-order valence-corrected chi connectivity index (χ2v) is 9.14. The molecule has 0 amide bonds. The van der Waals surface area contributed by atoms with Gasteiger partial charge in [-0.2, -0.15) is 0 Å². The van der Waals surface area contributed by atoms with Crippen molar-refractivity contribution in [3.8, 4) is 0 Å². The molecule has 104 valence electrons. The minimum absolute atomic E-state index is 0.342. The fourth-order valence-corrected chi connectivity index (χ4v) is 3.83. The van der Waals surface area contributed by atoms with Crippen LogP contribution in [0.15, 0.2) is 0 Å². The van der Waals surface area contributed by atoms with E-state index in [1.807, 2.05) is 0 Å². The van der Waals surface area contributed by atoms with Crippen molar-refractivity contribution in [2.45, 2.75) is 77.4 Å². The Morgan fingerprint density at radius 2 is 1.41 bits per heavy atom. The van der Waals surface area contributed by atoms with Crippen molar-refractivity contribution < 1.29 is 0 Å². The molecule has 2 unspecified atom stereocenters. The summed E-state index contributed by atoms with van der Waals surface area (Å²) in [6, 6.07) is 0. The maximum atomic E-state index is 3.87. The van der Waals surface area contributed by atoms with Crippen molar-refractivity contribution in [2.75, 3.05) is 0 Å². The summed E-state index contributed by atoms with van der Waals surface area (Å²) in [4.78, 5) is 1.16. The van der Waals surface area contributed by atoms with Gasteiger partial charge in [0.1, 0.15) is 0 Å². The van der Waals surface area contributed by atoms with Crippen LogP contribution in [-0.2, 0) is 0 Å². The lowest BCUT2D eigenvalue weighted by molar-refractivity contribution is 0.0476. The van der Waals surface area contributed by atoms with Crippen LogP contribution >= 0.6 is 31.9 Å². The minimum Gasteiger partial charge on any atom is -0.0879 e. The SMILES string of the molecule is CCCC(Br)C(Br)CC(C)(C)C(C)(C)C(C)C. The van der Waals surface area contributed by atoms with Gasteiger partial charge in [-0.1, -0.05) is 86.7 Å². The predicted octanol–water partition coefficient (Wildman–Crippen LogP) is 6.41. The molecule has 0 saturated heterocycles. The maximum absolute atomic E-state index is 3.87. The molecular formula is C15H30Br2. The van der Waals surface area contributed by atoms with Crippen LogP contribution in [0, 0.1) is 16.7 Å². The molecule has 17 heavy (non-hydrogen) atoms. The molecule has 0 aromatic carbocycles. The van der Waals surface area contributed by atoms with E-state index < -0.39 is 0 Å². The molecule has 2 atom stereocenters. The normalized spacial score (nSPS) is 17.3. The zero-order valence-corrected chi connectivity index (χ0v) is 15.8. The number of hydrogen-bond donors (Lipinski definition) is 0. The Morgan fingerprint density at radius 1 is 0.941 bits per heavy atom. The van der Waals surface area contributed by atoms with Gasteiger partial charge >= 0.3 is 0 Å². The topological polar surface area (TPSA) is 0 Å². The van der Waals surface area contributed by atoms with Gasteiger partial charge in [-0.3, -0.25) is 0 Å². The summed E-state index contributed by atoms with van der Waals surface area (Å²) in [5.41, 5.74) is 0.701. The van der Waals surface area contributed by atoms with E-state index in [1.54, 1.807) is 0 Å². The molecule has 0 aliphatic rings. The largest absolute Gasteiger partial charge is 0.0879 e. The molecule has 0 nitrogen and oxygen atoms in total. The van der Waals surface area contributed by atoms with Crippen molar-refractivity contribution in [3.05, 3.63) is 0 Å². The van der Waals surface area contributed by atoms with Crippen LogP contribution in [0.3, 0.4) is 0 Å². The maximum Gasteiger partial charge on any atom is 0.0276 e. The summed E-state index contributed by atoms with van der Waals surface area (Å²) in [7, 11) is 0. The van der Waals surface area contributed by atoms with Crippen molar-refractivity contribution in [1.82, 2.24) is 0 Å². The molecule has 0 rings (SSSR count). The number of alkyl halides is 2. The van der Waals surface area contributed by atoms with E-state index in [2.05, 4.69) is 80.3 Å². The van der Waals surface area contributed by atoms with Crippen molar-refractivity contribution in [3.63, 3.8) is 0 Å². The Morgan fingerprint density at radius 3 is 1.76 bits per heavy atom. The first kappa shape index (κ1) is 18.0. The molecular weight excluding hydrogens is 340 g/mol. The lowest BCUT2D eigenvalue weighted by Crippen LogP contribution is -2.39. The Kier molecular flexibility index (Phi) is 7.33. The fraction of sp³-hybridized carbons (Fsp3) is 1.00. The zero-order valence-electron chi connectivity index (χ0n) is 12.6. The smallest absolute Gasteiger partial charge is 0.0276 e. The third kappa shape index (κ3) is 4.86. The van der Waals surface area contributed by atoms with Crippen LogP contribution in [-0.4, -0.2) is 9.65 Å². The molecule has 0 spiro atoms. The molecule has 0 aromatic heterocycles. The first-order valence-electron chi connectivity index (χ1n) is 6.84. The fourth-order valence-electron chi connectivity index (χ4n) is 2.12. The molecule has 0 radical (unpaired) electrons. The average molecular weight is 370 g/mol. The first-order chi connectivity index (χ1) is 7.56. The molecule has 0 fully saturated rings. The van der Waals surface area contributed by atoms with Gasteiger partial charge < -0.3 is 0 Å². The standard InChI is InChI=1S/C15H30Br2/c1-8-9-12(16)13(17)10-14(4,5)15(6,7)11(2)3/h11-13H,8-10H2,1-7H3. The number of rotatable bonds is 7. The highest BCUT2D eigenvalue weighted by Gasteiger charge is 2.41. The van der Waals surface area contributed by atoms with Crippen LogP contribution in [0.4, 0.5) is 0 Å². The molecule has 0 aromatic rings. The number of hydrogen-bond acceptors (Lipinski definition) is 0. The molecule has 0 bridgehead atoms. The van der Waals surface area contributed by atoms with Crippen LogP contribution in [0.5, 0.6) is 0 Å². The van der Waals surface area contributed by atoms with E-state index in [0.717, 1.165) is 0 Å². The van der Waals surface area contributed by atoms with Crippen molar-refractivity contribution in [1.29, 1.82) is 0 Å². The highest BCUT2D eigenvalue weighted by atomic mass is 79.9. The monoisotopic (exact) mass is 368 g/mol. The molecule has 2 heteroatoms. The number of halogens is 2. The van der Waals surface area contributed by atoms with E-state index in [4.69, 9.17) is 0 Å². The van der Waals surface area contributed by atoms with Crippen LogP contribution in [0.25, 0.3) is 0 Å². The second kappa shape index (κ2) is 6.93. The third-order valence-electron chi connectivity index (χ3n) is 4.85. The Bertz CT molecular complexity index is 219. The van der Waals surface area contributed by atoms with Crippen molar-refractivity contribution in [2.24, 2.45) is 16.7 Å². The van der Waals surface area contributed by atoms with Crippen LogP contribution < -0.4 is 0 Å². The predicted molar refractivity (Wildman–Crippen MR) is 87.4 cm³/mol. The third-order valence-corrected chi connectivity index (χ3v) is 7.62. The molecule has 0 N–H and O–H groups in total. The van der Waals surface area contributed by atoms with Crippen molar-refractivity contribution >= 4 is 31.9 Å². The second-order valence-electron chi connectivity index (χ2n) is 6.79. The molecule has 0 heterocycles. The summed E-state index contributed by atoms with van der Waals surface area (Å²) in [6.45, 7) is 16.5. The van der Waals surface area contributed by atoms with Gasteiger partial charge in [0, 0.05) is 9.65 Å². The lowest BCUT2D eigenvalue weighted by Gasteiger charge is -2.46. The summed E-state index contributed by atoms with van der Waals surface area (Å²) in [5.74, 6) is 0.706. The van der Waals surface area contributed by atoms with Gasteiger partial charge in [-0.15, -0.1) is 0 Å². The van der Waals surface area contributed by atoms with Gasteiger partial charge in [0.2, 0.25) is 0 Å². The Balaban J connectivity index is 4.64. The summed E-state index contributed by atoms with van der Waals surface area (Å²) in [5, 5.41) is 0. The van der Waals surface area contributed by atoms with Gasteiger partial charge in [0.15, 0.2) is 0 Å². The quantitative estimate of drug-likeness (QED) is 0.454. The average Bonchev–Trinajstić information content (AvgIpc) is 2.16. The van der Waals surface area contributed by atoms with E-state index in [1.165, 1.54) is 19.3 Å². The molecule has 0 saturated carbocycles. The van der Waals surface area contributed by atoms with Crippen LogP contribution in [0.1, 0.15) is 67.7 Å². The minimum atomic E-state index is 0.342. The molecule has 0 aliphatic carbocycles. The van der Waals surface area contributed by atoms with Gasteiger partial charge in [0.05, 0.1) is 0 Å². The highest BCUT2D eigenvalue weighted by molar-refractivity contribution is 9.12.